The van der Waals surface area contributed by atoms with Crippen molar-refractivity contribution in [1.82, 2.24) is 9.80 Å². The van der Waals surface area contributed by atoms with Crippen molar-refractivity contribution in [2.24, 2.45) is 11.7 Å². The lowest BCUT2D eigenvalue weighted by Crippen LogP contribution is -2.47. The molecule has 0 bridgehead atoms. The molecule has 1 fully saturated rings. The number of amides is 1. The number of nitrogens with two attached hydrogens (primary N) is 1. The second kappa shape index (κ2) is 7.74. The summed E-state index contributed by atoms with van der Waals surface area (Å²) < 4.78 is 0. The fourth-order valence-electron chi connectivity index (χ4n) is 2.81. The molecule has 0 aromatic rings. The minimum Gasteiger partial charge on any atom is -0.338 e. The van der Waals surface area contributed by atoms with Crippen molar-refractivity contribution < 1.29 is 4.79 Å². The Balaban J connectivity index is 2.73. The normalized spacial score (nSPS) is 23.8. The maximum Gasteiger partial charge on any atom is 0.227 e. The highest BCUT2D eigenvalue weighted by Crippen LogP contribution is 2.17. The van der Waals surface area contributed by atoms with Gasteiger partial charge in [-0.25, -0.2) is 0 Å². The topological polar surface area (TPSA) is 49.6 Å². The summed E-state index contributed by atoms with van der Waals surface area (Å²) in [4.78, 5) is 17.0. The van der Waals surface area contributed by atoms with Crippen LogP contribution in [0.25, 0.3) is 0 Å². The molecule has 0 aromatic carbocycles. The summed E-state index contributed by atoms with van der Waals surface area (Å²) in [6.07, 6.45) is 4.04. The van der Waals surface area contributed by atoms with Crippen molar-refractivity contribution in [1.29, 1.82) is 0 Å². The largest absolute Gasteiger partial charge is 0.338 e. The number of carbonyl (C=O) groups is 1. The first kappa shape index (κ1) is 15.4. The quantitative estimate of drug-likeness (QED) is 0.805. The van der Waals surface area contributed by atoms with Crippen molar-refractivity contribution in [3.63, 3.8) is 0 Å². The standard InChI is InChI=1S/C14H29N3O/c1-4-7-12(10-15)14(18)17-9-6-8-16(3)11-13(17)5-2/h12-13H,4-11,15H2,1-3H3. The molecule has 0 saturated carbocycles. The van der Waals surface area contributed by atoms with E-state index >= 15 is 0 Å². The second-order valence-electron chi connectivity index (χ2n) is 5.43. The van der Waals surface area contributed by atoms with Gasteiger partial charge in [0.15, 0.2) is 0 Å². The number of rotatable bonds is 5. The maximum absolute atomic E-state index is 12.6. The first-order valence-electron chi connectivity index (χ1n) is 7.33. The first-order valence-corrected chi connectivity index (χ1v) is 7.33. The predicted molar refractivity (Wildman–Crippen MR) is 75.4 cm³/mol. The molecule has 0 spiro atoms. The minimum absolute atomic E-state index is 0.0208. The molecule has 1 saturated heterocycles. The van der Waals surface area contributed by atoms with Crippen LogP contribution in [0.3, 0.4) is 0 Å². The fraction of sp³-hybridized carbons (Fsp3) is 0.929. The van der Waals surface area contributed by atoms with Gasteiger partial charge in [-0.1, -0.05) is 20.3 Å². The highest BCUT2D eigenvalue weighted by Gasteiger charge is 2.29. The Bertz CT molecular complexity index is 257. The Kier molecular flexibility index (Phi) is 6.65. The Labute approximate surface area is 111 Å². The van der Waals surface area contributed by atoms with Gasteiger partial charge in [-0.05, 0) is 32.9 Å². The van der Waals surface area contributed by atoms with Gasteiger partial charge < -0.3 is 15.5 Å². The van der Waals surface area contributed by atoms with Crippen LogP contribution in [-0.4, -0.2) is 55.0 Å². The lowest BCUT2D eigenvalue weighted by molar-refractivity contribution is -0.137. The second-order valence-corrected chi connectivity index (χ2v) is 5.43. The van der Waals surface area contributed by atoms with Crippen LogP contribution in [-0.2, 0) is 4.79 Å². The number of hydrogen-bond donors (Lipinski definition) is 1. The van der Waals surface area contributed by atoms with Crippen LogP contribution in [0.2, 0.25) is 0 Å². The highest BCUT2D eigenvalue weighted by molar-refractivity contribution is 5.79. The van der Waals surface area contributed by atoms with E-state index in [1.54, 1.807) is 0 Å². The van der Waals surface area contributed by atoms with Crippen molar-refractivity contribution in [2.45, 2.75) is 45.6 Å². The molecule has 4 nitrogen and oxygen atoms in total. The summed E-state index contributed by atoms with van der Waals surface area (Å²) in [5.41, 5.74) is 5.76. The summed E-state index contributed by atoms with van der Waals surface area (Å²) in [7, 11) is 2.14. The Hall–Kier alpha value is -0.610. The van der Waals surface area contributed by atoms with E-state index in [9.17, 15) is 4.79 Å². The maximum atomic E-state index is 12.6. The van der Waals surface area contributed by atoms with E-state index in [4.69, 9.17) is 5.73 Å². The molecule has 2 N–H and O–H groups in total. The van der Waals surface area contributed by atoms with Gasteiger partial charge in [-0.3, -0.25) is 4.79 Å². The lowest BCUT2D eigenvalue weighted by Gasteiger charge is -2.33. The zero-order chi connectivity index (χ0) is 13.5. The molecular formula is C14H29N3O. The van der Waals surface area contributed by atoms with Crippen molar-refractivity contribution >= 4 is 5.91 Å². The van der Waals surface area contributed by atoms with Gasteiger partial charge in [-0.15, -0.1) is 0 Å². The molecule has 0 radical (unpaired) electrons. The summed E-state index contributed by atoms with van der Waals surface area (Å²) >= 11 is 0. The summed E-state index contributed by atoms with van der Waals surface area (Å²) in [5, 5.41) is 0. The van der Waals surface area contributed by atoms with Crippen LogP contribution in [0.4, 0.5) is 0 Å². The summed E-state index contributed by atoms with van der Waals surface area (Å²) in [5.74, 6) is 0.300. The van der Waals surface area contributed by atoms with Gasteiger partial charge in [0.2, 0.25) is 5.91 Å². The SMILES string of the molecule is CCCC(CN)C(=O)N1CCCN(C)CC1CC. The fourth-order valence-corrected chi connectivity index (χ4v) is 2.81. The van der Waals surface area contributed by atoms with Gasteiger partial charge >= 0.3 is 0 Å². The average molecular weight is 255 g/mol. The average Bonchev–Trinajstić information content (AvgIpc) is 2.56. The van der Waals surface area contributed by atoms with Gasteiger partial charge in [0.25, 0.3) is 0 Å². The molecular weight excluding hydrogens is 226 g/mol. The predicted octanol–water partition coefficient (Wildman–Crippen LogP) is 1.30. The molecule has 0 aromatic heterocycles. The molecule has 106 valence electrons. The molecule has 1 aliphatic rings. The van der Waals surface area contributed by atoms with Crippen molar-refractivity contribution in [2.75, 3.05) is 33.2 Å². The third-order valence-electron chi connectivity index (χ3n) is 3.93. The Morgan fingerprint density at radius 2 is 2.11 bits per heavy atom. The van der Waals surface area contributed by atoms with E-state index in [1.165, 1.54) is 0 Å². The first-order chi connectivity index (χ1) is 8.63. The molecule has 1 rings (SSSR count). The number of carbonyl (C=O) groups excluding carboxylic acids is 1. The van der Waals surface area contributed by atoms with Crippen molar-refractivity contribution in [3.05, 3.63) is 0 Å². The van der Waals surface area contributed by atoms with Crippen molar-refractivity contribution in [3.8, 4) is 0 Å². The van der Waals surface area contributed by atoms with Gasteiger partial charge in [0, 0.05) is 25.7 Å². The monoisotopic (exact) mass is 255 g/mol. The highest BCUT2D eigenvalue weighted by atomic mass is 16.2. The van der Waals surface area contributed by atoms with E-state index in [0.717, 1.165) is 45.3 Å². The third kappa shape index (κ3) is 3.95. The van der Waals surface area contributed by atoms with E-state index in [-0.39, 0.29) is 11.8 Å². The third-order valence-corrected chi connectivity index (χ3v) is 3.93. The minimum atomic E-state index is 0.0208. The number of likely N-dealkylation sites (N-methyl/N-ethyl adjacent to an activating group) is 1. The van der Waals surface area contributed by atoms with Gasteiger partial charge in [-0.2, -0.15) is 0 Å². The molecule has 1 aliphatic heterocycles. The molecule has 2 atom stereocenters. The molecule has 4 heteroatoms. The van der Waals surface area contributed by atoms with Crippen LogP contribution in [0, 0.1) is 5.92 Å². The molecule has 1 amide bonds. The van der Waals surface area contributed by atoms with Crippen LogP contribution in [0.5, 0.6) is 0 Å². The molecule has 1 heterocycles. The van der Waals surface area contributed by atoms with Crippen LogP contribution in [0.1, 0.15) is 39.5 Å². The van der Waals surface area contributed by atoms with Crippen LogP contribution >= 0.6 is 0 Å². The number of hydrogen-bond acceptors (Lipinski definition) is 3. The van der Waals surface area contributed by atoms with E-state index < -0.39 is 0 Å². The van der Waals surface area contributed by atoms with E-state index in [1.807, 2.05) is 0 Å². The zero-order valence-electron chi connectivity index (χ0n) is 12.2. The van der Waals surface area contributed by atoms with Gasteiger partial charge in [0.05, 0.1) is 5.92 Å². The van der Waals surface area contributed by atoms with E-state index in [2.05, 4.69) is 30.7 Å². The molecule has 18 heavy (non-hydrogen) atoms. The van der Waals surface area contributed by atoms with Crippen LogP contribution in [0.15, 0.2) is 0 Å². The van der Waals surface area contributed by atoms with E-state index in [0.29, 0.717) is 12.6 Å². The molecule has 0 aliphatic carbocycles. The Morgan fingerprint density at radius 3 is 2.67 bits per heavy atom. The summed E-state index contributed by atoms with van der Waals surface area (Å²) in [6, 6.07) is 0.357. The Morgan fingerprint density at radius 1 is 1.39 bits per heavy atom. The van der Waals surface area contributed by atoms with Crippen LogP contribution < -0.4 is 5.73 Å². The van der Waals surface area contributed by atoms with Gasteiger partial charge in [0.1, 0.15) is 0 Å². The lowest BCUT2D eigenvalue weighted by atomic mass is 10.0. The smallest absolute Gasteiger partial charge is 0.227 e. The summed E-state index contributed by atoms with van der Waals surface area (Å²) in [6.45, 7) is 7.73. The molecule has 2 unspecified atom stereocenters. The zero-order valence-corrected chi connectivity index (χ0v) is 12.2. The number of nitrogens with zero attached hydrogens (tertiary/aromatic N) is 2.